The van der Waals surface area contributed by atoms with Gasteiger partial charge in [0, 0.05) is 25.9 Å². The predicted molar refractivity (Wildman–Crippen MR) is 82.6 cm³/mol. The summed E-state index contributed by atoms with van der Waals surface area (Å²) in [6.07, 6.45) is 3.24. The van der Waals surface area contributed by atoms with Crippen molar-refractivity contribution in [1.82, 2.24) is 20.1 Å². The number of aryl methyl sites for hydroxylation is 1. The zero-order valence-corrected chi connectivity index (χ0v) is 12.4. The summed E-state index contributed by atoms with van der Waals surface area (Å²) in [5, 5.41) is 6.67. The third kappa shape index (κ3) is 3.34. The van der Waals surface area contributed by atoms with E-state index in [0.717, 1.165) is 10.2 Å². The van der Waals surface area contributed by atoms with Crippen LogP contribution in [0.3, 0.4) is 0 Å². The average molecular weight is 310 g/mol. The van der Waals surface area contributed by atoms with Gasteiger partial charge in [0.2, 0.25) is 0 Å². The highest BCUT2D eigenvalue weighted by atomic mass is 16.3. The number of hydrogen-bond donors (Lipinski definition) is 1. The van der Waals surface area contributed by atoms with Crippen LogP contribution in [0.25, 0.3) is 11.5 Å². The lowest BCUT2D eigenvalue weighted by Gasteiger charge is -2.06. The normalized spacial score (nSPS) is 10.5. The lowest BCUT2D eigenvalue weighted by Crippen LogP contribution is -2.28. The number of rotatable bonds is 4. The van der Waals surface area contributed by atoms with E-state index in [1.54, 1.807) is 24.6 Å². The summed E-state index contributed by atoms with van der Waals surface area (Å²) in [6.45, 7) is 0.319. The molecule has 3 aromatic rings. The Bertz CT molecular complexity index is 884. The third-order valence-electron chi connectivity index (χ3n) is 3.24. The van der Waals surface area contributed by atoms with E-state index < -0.39 is 0 Å². The Morgan fingerprint density at radius 3 is 2.91 bits per heavy atom. The fourth-order valence-electron chi connectivity index (χ4n) is 2.04. The molecule has 0 radical (unpaired) electrons. The summed E-state index contributed by atoms with van der Waals surface area (Å²) < 4.78 is 6.42. The Labute approximate surface area is 131 Å². The first-order valence-electron chi connectivity index (χ1n) is 6.95. The van der Waals surface area contributed by atoms with Crippen molar-refractivity contribution in [2.45, 2.75) is 6.54 Å². The smallest absolute Gasteiger partial charge is 0.271 e. The molecule has 3 rings (SSSR count). The number of aromatic nitrogens is 3. The van der Waals surface area contributed by atoms with Crippen LogP contribution in [0.4, 0.5) is 0 Å². The van der Waals surface area contributed by atoms with Gasteiger partial charge in [-0.25, -0.2) is 4.68 Å². The molecule has 1 amide bonds. The van der Waals surface area contributed by atoms with Crippen LogP contribution in [-0.4, -0.2) is 20.7 Å². The van der Waals surface area contributed by atoms with Crippen molar-refractivity contribution in [2.75, 3.05) is 0 Å². The van der Waals surface area contributed by atoms with E-state index in [0.29, 0.717) is 18.0 Å². The molecule has 3 heterocycles. The number of pyridine rings is 1. The van der Waals surface area contributed by atoms with Gasteiger partial charge in [0.1, 0.15) is 11.4 Å². The van der Waals surface area contributed by atoms with Crippen molar-refractivity contribution in [3.05, 3.63) is 70.5 Å². The number of hydrogen-bond acceptors (Lipinski definition) is 5. The highest BCUT2D eigenvalue weighted by Crippen LogP contribution is 2.17. The van der Waals surface area contributed by atoms with Crippen molar-refractivity contribution in [1.29, 1.82) is 0 Å². The number of nitrogens with zero attached hydrogens (tertiary/aromatic N) is 3. The second-order valence-corrected chi connectivity index (χ2v) is 4.89. The van der Waals surface area contributed by atoms with Crippen LogP contribution >= 0.6 is 0 Å². The Balaban J connectivity index is 1.70. The van der Waals surface area contributed by atoms with E-state index in [1.807, 2.05) is 12.1 Å². The number of carbonyl (C=O) groups is 1. The summed E-state index contributed by atoms with van der Waals surface area (Å²) in [6, 6.07) is 9.96. The van der Waals surface area contributed by atoms with Crippen molar-refractivity contribution in [2.24, 2.45) is 7.05 Å². The fraction of sp³-hybridized carbons (Fsp3) is 0.125. The quantitative estimate of drug-likeness (QED) is 0.786. The van der Waals surface area contributed by atoms with Gasteiger partial charge in [0.05, 0.1) is 6.26 Å². The lowest BCUT2D eigenvalue weighted by molar-refractivity contribution is 0.0943. The van der Waals surface area contributed by atoms with Crippen molar-refractivity contribution in [3.63, 3.8) is 0 Å². The van der Waals surface area contributed by atoms with Gasteiger partial charge in [-0.2, -0.15) is 5.10 Å². The van der Waals surface area contributed by atoms with E-state index in [2.05, 4.69) is 15.4 Å². The standard InChI is InChI=1S/C16H14N4O3/c1-20-15(21)5-4-12(19-20)16(22)18-10-11-6-7-17-13(9-11)14-3-2-8-23-14/h2-9H,10H2,1H3,(H,18,22). The zero-order chi connectivity index (χ0) is 16.2. The molecule has 0 aliphatic rings. The second kappa shape index (κ2) is 6.27. The van der Waals surface area contributed by atoms with Gasteiger partial charge in [-0.05, 0) is 35.9 Å². The molecular weight excluding hydrogens is 296 g/mol. The third-order valence-corrected chi connectivity index (χ3v) is 3.24. The van der Waals surface area contributed by atoms with Gasteiger partial charge in [0.25, 0.3) is 11.5 Å². The Morgan fingerprint density at radius 1 is 1.30 bits per heavy atom. The van der Waals surface area contributed by atoms with Crippen LogP contribution in [-0.2, 0) is 13.6 Å². The number of amides is 1. The van der Waals surface area contributed by atoms with Gasteiger partial charge in [-0.1, -0.05) is 0 Å². The molecular formula is C16H14N4O3. The zero-order valence-electron chi connectivity index (χ0n) is 12.4. The van der Waals surface area contributed by atoms with Crippen LogP contribution in [0.1, 0.15) is 16.1 Å². The number of furan rings is 1. The lowest BCUT2D eigenvalue weighted by atomic mass is 10.2. The SMILES string of the molecule is Cn1nc(C(=O)NCc2ccnc(-c3ccco3)c2)ccc1=O. The minimum absolute atomic E-state index is 0.187. The van der Waals surface area contributed by atoms with Crippen LogP contribution in [0, 0.1) is 0 Å². The molecule has 0 aliphatic heterocycles. The molecule has 0 unspecified atom stereocenters. The monoisotopic (exact) mass is 310 g/mol. The molecule has 0 spiro atoms. The molecule has 23 heavy (non-hydrogen) atoms. The van der Waals surface area contributed by atoms with Crippen LogP contribution in [0.2, 0.25) is 0 Å². The molecule has 7 heteroatoms. The molecule has 0 aliphatic carbocycles. The van der Waals surface area contributed by atoms with Gasteiger partial charge in [0.15, 0.2) is 5.76 Å². The Morgan fingerprint density at radius 2 is 2.17 bits per heavy atom. The highest BCUT2D eigenvalue weighted by molar-refractivity contribution is 5.91. The molecule has 116 valence electrons. The van der Waals surface area contributed by atoms with E-state index in [4.69, 9.17) is 4.42 Å². The van der Waals surface area contributed by atoms with Gasteiger partial charge < -0.3 is 9.73 Å². The van der Waals surface area contributed by atoms with Gasteiger partial charge in [-0.3, -0.25) is 14.6 Å². The first-order valence-corrected chi connectivity index (χ1v) is 6.95. The Kier molecular flexibility index (Phi) is 4.01. The maximum Gasteiger partial charge on any atom is 0.271 e. The summed E-state index contributed by atoms with van der Waals surface area (Å²) in [5.41, 5.74) is 1.50. The highest BCUT2D eigenvalue weighted by Gasteiger charge is 2.09. The number of carbonyl (C=O) groups excluding carboxylic acids is 1. The maximum absolute atomic E-state index is 12.1. The summed E-state index contributed by atoms with van der Waals surface area (Å²) in [4.78, 5) is 27.6. The molecule has 0 atom stereocenters. The minimum Gasteiger partial charge on any atom is -0.463 e. The summed E-state index contributed by atoms with van der Waals surface area (Å²) >= 11 is 0. The van der Waals surface area contributed by atoms with Crippen molar-refractivity contribution in [3.8, 4) is 11.5 Å². The molecule has 0 saturated heterocycles. The molecule has 7 nitrogen and oxygen atoms in total. The molecule has 0 bridgehead atoms. The topological polar surface area (TPSA) is 90.0 Å². The van der Waals surface area contributed by atoms with Crippen molar-refractivity contribution >= 4 is 5.91 Å². The van der Waals surface area contributed by atoms with E-state index in [9.17, 15) is 9.59 Å². The van der Waals surface area contributed by atoms with E-state index in [-0.39, 0.29) is 17.2 Å². The van der Waals surface area contributed by atoms with E-state index >= 15 is 0 Å². The molecule has 0 saturated carbocycles. The number of nitrogens with one attached hydrogen (secondary N) is 1. The first-order chi connectivity index (χ1) is 11.1. The molecule has 0 aromatic carbocycles. The van der Waals surface area contributed by atoms with Crippen LogP contribution in [0.5, 0.6) is 0 Å². The van der Waals surface area contributed by atoms with Crippen LogP contribution in [0.15, 0.2) is 58.1 Å². The maximum atomic E-state index is 12.1. The van der Waals surface area contributed by atoms with Gasteiger partial charge >= 0.3 is 0 Å². The second-order valence-electron chi connectivity index (χ2n) is 4.89. The summed E-state index contributed by atoms with van der Waals surface area (Å²) in [5.74, 6) is 0.315. The molecule has 0 fully saturated rings. The fourth-order valence-corrected chi connectivity index (χ4v) is 2.04. The van der Waals surface area contributed by atoms with Crippen molar-refractivity contribution < 1.29 is 9.21 Å². The minimum atomic E-state index is -0.350. The Hall–Kier alpha value is -3.22. The summed E-state index contributed by atoms with van der Waals surface area (Å²) in [7, 11) is 1.50. The van der Waals surface area contributed by atoms with Gasteiger partial charge in [-0.15, -0.1) is 0 Å². The average Bonchev–Trinajstić information content (AvgIpc) is 3.10. The molecule has 1 N–H and O–H groups in total. The predicted octanol–water partition coefficient (Wildman–Crippen LogP) is 1.37. The largest absolute Gasteiger partial charge is 0.463 e. The van der Waals surface area contributed by atoms with Crippen LogP contribution < -0.4 is 10.9 Å². The first kappa shape index (κ1) is 14.7. The van der Waals surface area contributed by atoms with E-state index in [1.165, 1.54) is 19.2 Å². The molecule has 3 aromatic heterocycles.